The van der Waals surface area contributed by atoms with Crippen molar-refractivity contribution in [2.45, 2.75) is 205 Å². The summed E-state index contributed by atoms with van der Waals surface area (Å²) in [5, 5.41) is 11.5. The molecule has 1 aromatic heterocycles. The summed E-state index contributed by atoms with van der Waals surface area (Å²) in [5.74, 6) is 1.15. The van der Waals surface area contributed by atoms with Crippen molar-refractivity contribution in [1.82, 2.24) is 19.3 Å². The zero-order valence-electron chi connectivity index (χ0n) is 37.0. The van der Waals surface area contributed by atoms with Crippen molar-refractivity contribution in [3.8, 4) is 6.07 Å². The quantitative estimate of drug-likeness (QED) is 0.0310. The average molecular weight is 886 g/mol. The van der Waals surface area contributed by atoms with Crippen LogP contribution in [0.4, 0.5) is 0 Å². The van der Waals surface area contributed by atoms with Gasteiger partial charge in [0.25, 0.3) is 14.1 Å². The zero-order chi connectivity index (χ0) is 42.8. The fourth-order valence-corrected chi connectivity index (χ4v) is 12.5. The first kappa shape index (κ1) is 51.9. The SMILES string of the molecule is CCCCCCCCCCCCCCCCN(OC[C@H]1O[C@@H](n2ccc(=O)[nH]c2=O)C(OC)C1OP(OCCC#N)N(C(C)C)C(C)C)C(=O)CCCC[C@@H]1CCSS1. The third-order valence-corrected chi connectivity index (χ3v) is 16.0. The lowest BCUT2D eigenvalue weighted by atomic mass is 10.0. The lowest BCUT2D eigenvalue weighted by molar-refractivity contribution is -0.202. The number of rotatable bonds is 33. The number of aromatic nitrogens is 2. The number of hydrogen-bond donors (Lipinski definition) is 1. The standard InChI is InChI=1S/C43H76N5O8PS2/c1-7-8-9-10-11-12-13-14-15-16-17-18-19-22-29-47(39(50)25-21-20-24-36-27-32-58-59-36)53-33-37-40(56-57(54-31-23-28-44)48(34(2)3)35(4)5)41(52-6)42(55-37)46-30-26-38(49)45-43(46)51/h26,30,34-37,40-42H,7-25,27,29,31-33H2,1-6H3,(H,45,49,51)/t36-,37-,40?,41?,42-,57?/m1/s1. The van der Waals surface area contributed by atoms with Crippen LogP contribution in [-0.2, 0) is 28.2 Å². The maximum absolute atomic E-state index is 13.8. The second kappa shape index (κ2) is 30.6. The maximum Gasteiger partial charge on any atom is 0.330 e. The number of hydroxylamine groups is 2. The first-order valence-electron chi connectivity index (χ1n) is 22.6. The predicted molar refractivity (Wildman–Crippen MR) is 241 cm³/mol. The van der Waals surface area contributed by atoms with E-state index in [0.29, 0.717) is 18.2 Å². The number of unbranched alkanes of at least 4 members (excludes halogenated alkanes) is 14. The van der Waals surface area contributed by atoms with Crippen LogP contribution in [0.15, 0.2) is 21.9 Å². The summed E-state index contributed by atoms with van der Waals surface area (Å²) >= 11 is 0. The second-order valence-corrected chi connectivity index (χ2v) is 20.6. The van der Waals surface area contributed by atoms with E-state index in [1.54, 1.807) is 0 Å². The summed E-state index contributed by atoms with van der Waals surface area (Å²) in [6.07, 6.45) is 20.3. The van der Waals surface area contributed by atoms with Crippen LogP contribution in [0.3, 0.4) is 0 Å². The van der Waals surface area contributed by atoms with Crippen LogP contribution in [0.25, 0.3) is 0 Å². The van der Waals surface area contributed by atoms with Gasteiger partial charge in [0.05, 0.1) is 19.1 Å². The molecule has 3 rings (SSSR count). The summed E-state index contributed by atoms with van der Waals surface area (Å²) in [4.78, 5) is 47.6. The normalized spacial score (nSPS) is 21.2. The lowest BCUT2D eigenvalue weighted by Gasteiger charge is -2.38. The molecule has 1 aromatic rings. The first-order chi connectivity index (χ1) is 28.6. The van der Waals surface area contributed by atoms with Gasteiger partial charge in [0, 0.05) is 55.4 Å². The lowest BCUT2D eigenvalue weighted by Crippen LogP contribution is -2.43. The molecular weight excluding hydrogens is 810 g/mol. The van der Waals surface area contributed by atoms with E-state index in [2.05, 4.69) is 50.3 Å². The van der Waals surface area contributed by atoms with Crippen molar-refractivity contribution >= 4 is 36.0 Å². The van der Waals surface area contributed by atoms with Crippen LogP contribution in [0.1, 0.15) is 169 Å². The van der Waals surface area contributed by atoms with E-state index in [1.807, 2.05) is 21.6 Å². The van der Waals surface area contributed by atoms with Gasteiger partial charge in [-0.2, -0.15) is 5.26 Å². The molecule has 0 saturated carbocycles. The molecule has 338 valence electrons. The smallest absolute Gasteiger partial charge is 0.330 e. The molecule has 3 unspecified atom stereocenters. The Hall–Kier alpha value is -1.47. The summed E-state index contributed by atoms with van der Waals surface area (Å²) in [6.45, 7) is 11.1. The number of aromatic amines is 1. The van der Waals surface area contributed by atoms with Gasteiger partial charge in [-0.05, 0) is 53.4 Å². The Bertz CT molecular complexity index is 1430. The van der Waals surface area contributed by atoms with Crippen LogP contribution in [0.2, 0.25) is 0 Å². The highest BCUT2D eigenvalue weighted by Crippen LogP contribution is 2.50. The van der Waals surface area contributed by atoms with Crippen molar-refractivity contribution in [3.63, 3.8) is 0 Å². The third-order valence-electron chi connectivity index (χ3n) is 10.8. The van der Waals surface area contributed by atoms with Gasteiger partial charge in [-0.3, -0.25) is 24.0 Å². The number of nitrogens with one attached hydrogen (secondary N) is 1. The molecule has 0 aromatic carbocycles. The minimum atomic E-state index is -1.73. The first-order valence-corrected chi connectivity index (χ1v) is 26.1. The predicted octanol–water partition coefficient (Wildman–Crippen LogP) is 10.1. The number of carbonyl (C=O) groups is 1. The molecule has 2 saturated heterocycles. The fraction of sp³-hybridized carbons (Fsp3) is 0.860. The Morgan fingerprint density at radius 1 is 0.966 bits per heavy atom. The van der Waals surface area contributed by atoms with E-state index in [-0.39, 0.29) is 37.6 Å². The molecule has 0 bridgehead atoms. The van der Waals surface area contributed by atoms with Crippen LogP contribution < -0.4 is 11.2 Å². The van der Waals surface area contributed by atoms with E-state index in [1.165, 1.54) is 112 Å². The number of H-pyrrole nitrogens is 1. The molecule has 1 amide bonds. The number of nitrogens with zero attached hydrogens (tertiary/aromatic N) is 4. The minimum Gasteiger partial charge on any atom is -0.374 e. The molecule has 6 atom stereocenters. The molecule has 0 radical (unpaired) electrons. The van der Waals surface area contributed by atoms with Crippen molar-refractivity contribution < 1.29 is 28.2 Å². The molecule has 13 nitrogen and oxygen atoms in total. The number of carbonyl (C=O) groups excluding carboxylic acids is 1. The highest BCUT2D eigenvalue weighted by Gasteiger charge is 2.50. The van der Waals surface area contributed by atoms with Crippen LogP contribution in [0, 0.1) is 11.3 Å². The highest BCUT2D eigenvalue weighted by atomic mass is 33.1. The Kier molecular flexibility index (Phi) is 26.9. The summed E-state index contributed by atoms with van der Waals surface area (Å²) in [6, 6.07) is 3.49. The van der Waals surface area contributed by atoms with Crippen molar-refractivity contribution in [2.24, 2.45) is 0 Å². The van der Waals surface area contributed by atoms with Crippen LogP contribution >= 0.6 is 30.1 Å². The van der Waals surface area contributed by atoms with Gasteiger partial charge in [0.2, 0.25) is 5.91 Å². The number of hydrogen-bond acceptors (Lipinski definition) is 12. The van der Waals surface area contributed by atoms with Gasteiger partial charge in [-0.15, -0.1) is 0 Å². The molecule has 3 heterocycles. The van der Waals surface area contributed by atoms with Gasteiger partial charge in [0.1, 0.15) is 24.9 Å². The number of amides is 1. The Balaban J connectivity index is 1.70. The molecule has 0 spiro atoms. The highest BCUT2D eigenvalue weighted by molar-refractivity contribution is 8.77. The van der Waals surface area contributed by atoms with Crippen LogP contribution in [-0.4, -0.2) is 93.5 Å². The molecule has 16 heteroatoms. The Morgan fingerprint density at radius 2 is 1.61 bits per heavy atom. The van der Waals surface area contributed by atoms with E-state index < -0.39 is 44.3 Å². The Morgan fingerprint density at radius 3 is 2.17 bits per heavy atom. The van der Waals surface area contributed by atoms with Gasteiger partial charge in [0.15, 0.2) is 6.23 Å². The molecule has 0 aliphatic carbocycles. The second-order valence-electron chi connectivity index (χ2n) is 16.4. The molecule has 2 aliphatic heterocycles. The van der Waals surface area contributed by atoms with Gasteiger partial charge >= 0.3 is 5.69 Å². The summed E-state index contributed by atoms with van der Waals surface area (Å²) in [5.41, 5.74) is -1.17. The Labute approximate surface area is 364 Å². The van der Waals surface area contributed by atoms with Gasteiger partial charge in [-0.1, -0.05) is 118 Å². The topological polar surface area (TPSA) is 148 Å². The van der Waals surface area contributed by atoms with E-state index in [4.69, 9.17) is 23.4 Å². The number of nitriles is 1. The van der Waals surface area contributed by atoms with E-state index in [9.17, 15) is 19.6 Å². The van der Waals surface area contributed by atoms with E-state index >= 15 is 0 Å². The van der Waals surface area contributed by atoms with E-state index in [0.717, 1.165) is 38.5 Å². The van der Waals surface area contributed by atoms with Crippen molar-refractivity contribution in [3.05, 3.63) is 33.1 Å². The van der Waals surface area contributed by atoms with Crippen molar-refractivity contribution in [1.29, 1.82) is 5.26 Å². The maximum atomic E-state index is 13.8. The fourth-order valence-electron chi connectivity index (χ4n) is 7.68. The molecule has 2 fully saturated rings. The molecular formula is C43H76N5O8PS2. The van der Waals surface area contributed by atoms with Gasteiger partial charge < -0.3 is 18.5 Å². The third kappa shape index (κ3) is 19.2. The number of ether oxygens (including phenoxy) is 2. The van der Waals surface area contributed by atoms with Gasteiger partial charge in [-0.25, -0.2) is 14.5 Å². The largest absolute Gasteiger partial charge is 0.374 e. The molecule has 1 N–H and O–H groups in total. The molecule has 59 heavy (non-hydrogen) atoms. The van der Waals surface area contributed by atoms with Crippen LogP contribution in [0.5, 0.6) is 0 Å². The monoisotopic (exact) mass is 885 g/mol. The minimum absolute atomic E-state index is 0.0376. The summed E-state index contributed by atoms with van der Waals surface area (Å²) < 4.78 is 29.0. The summed E-state index contributed by atoms with van der Waals surface area (Å²) in [7, 11) is 3.71. The zero-order valence-corrected chi connectivity index (χ0v) is 39.5. The molecule has 2 aliphatic rings. The number of methoxy groups -OCH3 is 1. The average Bonchev–Trinajstić information content (AvgIpc) is 3.85. The van der Waals surface area contributed by atoms with Crippen molar-refractivity contribution in [2.75, 3.05) is 32.6 Å².